The monoisotopic (exact) mass is 259 g/mol. The van der Waals surface area contributed by atoms with Gasteiger partial charge < -0.3 is 25.0 Å². The molecule has 0 aromatic rings. The molecule has 1 aliphatic rings. The number of carbonyl (C=O) groups is 2. The number of nitrogens with one attached hydrogen (secondary N) is 1. The van der Waals surface area contributed by atoms with Crippen LogP contribution in [0.15, 0.2) is 0 Å². The summed E-state index contributed by atoms with van der Waals surface area (Å²) in [5.74, 6) is -1.09. The first kappa shape index (κ1) is 14.7. The van der Waals surface area contributed by atoms with E-state index in [-0.39, 0.29) is 18.7 Å². The molecule has 0 aliphatic carbocycles. The Morgan fingerprint density at radius 3 is 2.67 bits per heavy atom. The largest absolute Gasteiger partial charge is 0.480 e. The van der Waals surface area contributed by atoms with Crippen molar-refractivity contribution in [2.75, 3.05) is 40.4 Å². The smallest absolute Gasteiger partial charge is 0.328 e. The molecule has 0 aromatic heterocycles. The Morgan fingerprint density at radius 2 is 2.17 bits per heavy atom. The van der Waals surface area contributed by atoms with Crippen molar-refractivity contribution in [3.05, 3.63) is 0 Å². The third-order valence-corrected chi connectivity index (χ3v) is 3.18. The Balaban J connectivity index is 2.51. The number of hydrogen-bond donors (Lipinski definition) is 2. The second-order valence-corrected chi connectivity index (χ2v) is 4.57. The summed E-state index contributed by atoms with van der Waals surface area (Å²) in [6.45, 7) is 3.98. The molecule has 7 heteroatoms. The van der Waals surface area contributed by atoms with Crippen LogP contribution in [0.25, 0.3) is 0 Å². The SMILES string of the molecule is COCC(NC(=O)N1CCN(C)C(C)C1)C(=O)O. The molecule has 0 spiro atoms. The van der Waals surface area contributed by atoms with E-state index in [2.05, 4.69) is 10.2 Å². The lowest BCUT2D eigenvalue weighted by Crippen LogP contribution is -2.57. The number of amides is 2. The van der Waals surface area contributed by atoms with Gasteiger partial charge in [0.15, 0.2) is 6.04 Å². The Hall–Kier alpha value is -1.34. The second kappa shape index (κ2) is 6.55. The number of nitrogens with zero attached hydrogens (tertiary/aromatic N) is 2. The number of piperazine rings is 1. The molecule has 7 nitrogen and oxygen atoms in total. The first-order chi connectivity index (χ1) is 8.45. The lowest BCUT2D eigenvalue weighted by molar-refractivity contribution is -0.140. The molecule has 2 unspecified atom stereocenters. The first-order valence-electron chi connectivity index (χ1n) is 5.93. The minimum Gasteiger partial charge on any atom is -0.480 e. The molecule has 2 N–H and O–H groups in total. The van der Waals surface area contributed by atoms with Crippen molar-refractivity contribution in [3.63, 3.8) is 0 Å². The summed E-state index contributed by atoms with van der Waals surface area (Å²) >= 11 is 0. The standard InChI is InChI=1S/C11H21N3O4/c1-8-6-14(5-4-13(8)2)11(17)12-9(7-18-3)10(15)16/h8-9H,4-7H2,1-3H3,(H,12,17)(H,15,16). The van der Waals surface area contributed by atoms with Crippen LogP contribution in [0.4, 0.5) is 4.79 Å². The number of likely N-dealkylation sites (N-methyl/N-ethyl adjacent to an activating group) is 1. The zero-order valence-electron chi connectivity index (χ0n) is 11.0. The zero-order valence-corrected chi connectivity index (χ0v) is 11.0. The molecule has 1 fully saturated rings. The van der Waals surface area contributed by atoms with Crippen molar-refractivity contribution in [1.82, 2.24) is 15.1 Å². The predicted octanol–water partition coefficient (Wildman–Crippen LogP) is -0.568. The van der Waals surface area contributed by atoms with E-state index in [0.717, 1.165) is 6.54 Å². The molecule has 0 aromatic carbocycles. The fraction of sp³-hybridized carbons (Fsp3) is 0.818. The van der Waals surface area contributed by atoms with Crippen LogP contribution in [0.1, 0.15) is 6.92 Å². The molecule has 0 saturated carbocycles. The highest BCUT2D eigenvalue weighted by molar-refractivity contribution is 5.82. The number of methoxy groups -OCH3 is 1. The van der Waals surface area contributed by atoms with Crippen LogP contribution in [0.5, 0.6) is 0 Å². The second-order valence-electron chi connectivity index (χ2n) is 4.57. The summed E-state index contributed by atoms with van der Waals surface area (Å²) < 4.78 is 4.77. The number of carboxylic acid groups (broad SMARTS) is 1. The topological polar surface area (TPSA) is 82.1 Å². The van der Waals surface area contributed by atoms with Crippen LogP contribution < -0.4 is 5.32 Å². The van der Waals surface area contributed by atoms with Gasteiger partial charge in [-0.15, -0.1) is 0 Å². The zero-order chi connectivity index (χ0) is 13.7. The van der Waals surface area contributed by atoms with Crippen molar-refractivity contribution in [2.45, 2.75) is 19.0 Å². The number of carbonyl (C=O) groups excluding carboxylic acids is 1. The quantitative estimate of drug-likeness (QED) is 0.706. The Morgan fingerprint density at radius 1 is 1.50 bits per heavy atom. The number of rotatable bonds is 4. The average Bonchev–Trinajstić information content (AvgIpc) is 2.31. The molecule has 0 radical (unpaired) electrons. The van der Waals surface area contributed by atoms with E-state index in [1.807, 2.05) is 14.0 Å². The Bertz CT molecular complexity index is 311. The summed E-state index contributed by atoms with van der Waals surface area (Å²) in [6, 6.07) is -1.08. The molecule has 1 aliphatic heterocycles. The lowest BCUT2D eigenvalue weighted by Gasteiger charge is -2.37. The van der Waals surface area contributed by atoms with E-state index in [1.165, 1.54) is 7.11 Å². The van der Waals surface area contributed by atoms with Gasteiger partial charge in [-0.3, -0.25) is 0 Å². The van der Waals surface area contributed by atoms with E-state index in [9.17, 15) is 9.59 Å². The highest BCUT2D eigenvalue weighted by Crippen LogP contribution is 2.07. The predicted molar refractivity (Wildman–Crippen MR) is 65.5 cm³/mol. The maximum absolute atomic E-state index is 11.9. The maximum Gasteiger partial charge on any atom is 0.328 e. The minimum atomic E-state index is -1.09. The normalized spacial score (nSPS) is 22.6. The number of ether oxygens (including phenoxy) is 1. The van der Waals surface area contributed by atoms with Gasteiger partial charge in [0.05, 0.1) is 6.61 Å². The molecule has 2 atom stereocenters. The van der Waals surface area contributed by atoms with Crippen LogP contribution >= 0.6 is 0 Å². The fourth-order valence-electron chi connectivity index (χ4n) is 1.81. The van der Waals surface area contributed by atoms with E-state index in [1.54, 1.807) is 4.90 Å². The van der Waals surface area contributed by atoms with Gasteiger partial charge in [-0.25, -0.2) is 9.59 Å². The number of carboxylic acids is 1. The van der Waals surface area contributed by atoms with Crippen molar-refractivity contribution in [1.29, 1.82) is 0 Å². The average molecular weight is 259 g/mol. The van der Waals surface area contributed by atoms with E-state index >= 15 is 0 Å². The minimum absolute atomic E-state index is 0.0373. The summed E-state index contributed by atoms with van der Waals surface area (Å²) in [5.41, 5.74) is 0. The molecular weight excluding hydrogens is 238 g/mol. The highest BCUT2D eigenvalue weighted by atomic mass is 16.5. The Labute approximate surface area is 107 Å². The van der Waals surface area contributed by atoms with Gasteiger partial charge in [0, 0.05) is 32.8 Å². The maximum atomic E-state index is 11.9. The van der Waals surface area contributed by atoms with Crippen molar-refractivity contribution in [3.8, 4) is 0 Å². The first-order valence-corrected chi connectivity index (χ1v) is 5.93. The third kappa shape index (κ3) is 3.85. The van der Waals surface area contributed by atoms with Crippen molar-refractivity contribution >= 4 is 12.0 Å². The van der Waals surface area contributed by atoms with Gasteiger partial charge in [0.1, 0.15) is 0 Å². The molecule has 1 saturated heterocycles. The Kier molecular flexibility index (Phi) is 5.36. The highest BCUT2D eigenvalue weighted by Gasteiger charge is 2.27. The fourth-order valence-corrected chi connectivity index (χ4v) is 1.81. The van der Waals surface area contributed by atoms with Crippen LogP contribution in [0.2, 0.25) is 0 Å². The third-order valence-electron chi connectivity index (χ3n) is 3.18. The van der Waals surface area contributed by atoms with Gasteiger partial charge in [-0.1, -0.05) is 0 Å². The van der Waals surface area contributed by atoms with Crippen LogP contribution in [-0.4, -0.2) is 79.4 Å². The van der Waals surface area contributed by atoms with Crippen LogP contribution in [0, 0.1) is 0 Å². The summed E-state index contributed by atoms with van der Waals surface area (Å²) in [4.78, 5) is 26.6. The van der Waals surface area contributed by atoms with Gasteiger partial charge >= 0.3 is 12.0 Å². The summed E-state index contributed by atoms with van der Waals surface area (Å²) in [7, 11) is 3.41. The van der Waals surface area contributed by atoms with Gasteiger partial charge in [0.2, 0.25) is 0 Å². The molecule has 0 bridgehead atoms. The van der Waals surface area contributed by atoms with E-state index in [4.69, 9.17) is 9.84 Å². The van der Waals surface area contributed by atoms with Gasteiger partial charge in [-0.2, -0.15) is 0 Å². The van der Waals surface area contributed by atoms with E-state index in [0.29, 0.717) is 13.1 Å². The van der Waals surface area contributed by atoms with E-state index < -0.39 is 12.0 Å². The van der Waals surface area contributed by atoms with Crippen LogP contribution in [-0.2, 0) is 9.53 Å². The summed E-state index contributed by atoms with van der Waals surface area (Å²) in [6.07, 6.45) is 0. The molecule has 18 heavy (non-hydrogen) atoms. The summed E-state index contributed by atoms with van der Waals surface area (Å²) in [5, 5.41) is 11.4. The number of aliphatic carboxylic acids is 1. The van der Waals surface area contributed by atoms with Crippen molar-refractivity contribution in [2.24, 2.45) is 0 Å². The number of hydrogen-bond acceptors (Lipinski definition) is 4. The molecular formula is C11H21N3O4. The molecule has 104 valence electrons. The van der Waals surface area contributed by atoms with Gasteiger partial charge in [-0.05, 0) is 14.0 Å². The van der Waals surface area contributed by atoms with Gasteiger partial charge in [0.25, 0.3) is 0 Å². The molecule has 2 amide bonds. The lowest BCUT2D eigenvalue weighted by atomic mass is 10.2. The molecule has 1 heterocycles. The number of urea groups is 1. The molecule has 1 rings (SSSR count). The van der Waals surface area contributed by atoms with Crippen molar-refractivity contribution < 1.29 is 19.4 Å². The van der Waals surface area contributed by atoms with Crippen LogP contribution in [0.3, 0.4) is 0 Å².